The Morgan fingerprint density at radius 2 is 2.15 bits per heavy atom. The van der Waals surface area contributed by atoms with Crippen molar-refractivity contribution in [3.8, 4) is 6.07 Å². The fraction of sp³-hybridized carbons (Fsp3) is 0.350. The lowest BCUT2D eigenvalue weighted by atomic mass is 10.0. The van der Waals surface area contributed by atoms with Gasteiger partial charge in [0.15, 0.2) is 0 Å². The van der Waals surface area contributed by atoms with Gasteiger partial charge in [-0.2, -0.15) is 5.26 Å². The molecule has 1 N–H and O–H groups in total. The molecule has 1 aliphatic rings. The summed E-state index contributed by atoms with van der Waals surface area (Å²) in [5.41, 5.74) is 3.98. The quantitative estimate of drug-likeness (QED) is 0.868. The molecule has 1 aliphatic heterocycles. The highest BCUT2D eigenvalue weighted by molar-refractivity contribution is 7.16. The van der Waals surface area contributed by atoms with E-state index in [4.69, 9.17) is 4.74 Å². The number of hydrogen-bond acceptors (Lipinski definition) is 5. The Labute approximate surface area is 162 Å². The molecule has 0 aliphatic carbocycles. The summed E-state index contributed by atoms with van der Waals surface area (Å²) in [5, 5.41) is 13.0. The Morgan fingerprint density at radius 3 is 2.81 bits per heavy atom. The number of thiophene rings is 1. The normalized spacial score (nSPS) is 12.9. The molecule has 0 bridgehead atoms. The van der Waals surface area contributed by atoms with Crippen molar-refractivity contribution < 1.29 is 14.3 Å². The molecule has 3 rings (SSSR count). The Hall–Kier alpha value is -2.85. The van der Waals surface area contributed by atoms with Crippen LogP contribution in [0, 0.1) is 25.2 Å². The molecule has 1 aromatic carbocycles. The number of amides is 2. The van der Waals surface area contributed by atoms with Crippen molar-refractivity contribution >= 4 is 28.3 Å². The SMILES string of the molecule is CCOC(=O)N1CCc2c(sc(NC(=O)c3ccc(C)cc3C)c2C#N)C1. The van der Waals surface area contributed by atoms with Gasteiger partial charge in [-0.25, -0.2) is 4.79 Å². The minimum atomic E-state index is -0.351. The van der Waals surface area contributed by atoms with Crippen LogP contribution in [-0.2, 0) is 17.7 Å². The number of anilines is 1. The minimum Gasteiger partial charge on any atom is -0.450 e. The van der Waals surface area contributed by atoms with Crippen LogP contribution in [0.15, 0.2) is 18.2 Å². The number of fused-ring (bicyclic) bond motifs is 1. The van der Waals surface area contributed by atoms with E-state index in [2.05, 4.69) is 11.4 Å². The fourth-order valence-electron chi connectivity index (χ4n) is 3.22. The average molecular weight is 383 g/mol. The number of nitriles is 1. The molecule has 0 saturated carbocycles. The van der Waals surface area contributed by atoms with E-state index in [-0.39, 0.29) is 12.0 Å². The lowest BCUT2D eigenvalue weighted by Gasteiger charge is -2.25. The van der Waals surface area contributed by atoms with E-state index in [1.807, 2.05) is 26.0 Å². The summed E-state index contributed by atoms with van der Waals surface area (Å²) in [6, 6.07) is 7.86. The van der Waals surface area contributed by atoms with E-state index >= 15 is 0 Å². The zero-order chi connectivity index (χ0) is 19.6. The molecule has 6 nitrogen and oxygen atoms in total. The topological polar surface area (TPSA) is 82.4 Å². The first-order valence-corrected chi connectivity index (χ1v) is 9.61. The van der Waals surface area contributed by atoms with Gasteiger partial charge < -0.3 is 15.0 Å². The second-order valence-electron chi connectivity index (χ2n) is 6.46. The number of aryl methyl sites for hydroxylation is 2. The van der Waals surface area contributed by atoms with E-state index in [0.717, 1.165) is 21.6 Å². The maximum Gasteiger partial charge on any atom is 0.410 e. The molecule has 0 atom stereocenters. The molecular weight excluding hydrogens is 362 g/mol. The molecule has 2 heterocycles. The molecule has 0 unspecified atom stereocenters. The first-order valence-electron chi connectivity index (χ1n) is 8.79. The summed E-state index contributed by atoms with van der Waals surface area (Å²) in [6.45, 7) is 6.86. The summed E-state index contributed by atoms with van der Waals surface area (Å²) >= 11 is 1.35. The Balaban J connectivity index is 1.84. The predicted molar refractivity (Wildman–Crippen MR) is 104 cm³/mol. The number of carbonyl (C=O) groups excluding carboxylic acids is 2. The maximum absolute atomic E-state index is 12.7. The van der Waals surface area contributed by atoms with Crippen molar-refractivity contribution in [2.75, 3.05) is 18.5 Å². The largest absolute Gasteiger partial charge is 0.450 e. The maximum atomic E-state index is 12.7. The van der Waals surface area contributed by atoms with Crippen LogP contribution in [0.25, 0.3) is 0 Å². The average Bonchev–Trinajstić information content (AvgIpc) is 2.97. The zero-order valence-corrected chi connectivity index (χ0v) is 16.4. The fourth-order valence-corrected chi connectivity index (χ4v) is 4.43. The van der Waals surface area contributed by atoms with E-state index in [1.54, 1.807) is 17.9 Å². The van der Waals surface area contributed by atoms with Crippen molar-refractivity contribution in [2.24, 2.45) is 0 Å². The number of carbonyl (C=O) groups is 2. The van der Waals surface area contributed by atoms with Crippen molar-refractivity contribution in [2.45, 2.75) is 33.7 Å². The summed E-state index contributed by atoms with van der Waals surface area (Å²) in [4.78, 5) is 27.2. The lowest BCUT2D eigenvalue weighted by Crippen LogP contribution is -2.35. The van der Waals surface area contributed by atoms with Gasteiger partial charge in [-0.1, -0.05) is 17.7 Å². The smallest absolute Gasteiger partial charge is 0.410 e. The molecule has 27 heavy (non-hydrogen) atoms. The molecule has 7 heteroatoms. The van der Waals surface area contributed by atoms with Crippen LogP contribution in [0.5, 0.6) is 0 Å². The van der Waals surface area contributed by atoms with Crippen LogP contribution in [0.2, 0.25) is 0 Å². The van der Waals surface area contributed by atoms with Crippen LogP contribution >= 0.6 is 11.3 Å². The van der Waals surface area contributed by atoms with Gasteiger partial charge in [0.05, 0.1) is 18.7 Å². The molecule has 2 amide bonds. The number of nitrogens with zero attached hydrogens (tertiary/aromatic N) is 2. The predicted octanol–water partition coefficient (Wildman–Crippen LogP) is 4.00. The summed E-state index contributed by atoms with van der Waals surface area (Å²) in [7, 11) is 0. The van der Waals surface area contributed by atoms with Gasteiger partial charge >= 0.3 is 6.09 Å². The van der Waals surface area contributed by atoms with Gasteiger partial charge in [-0.05, 0) is 44.4 Å². The number of hydrogen-bond donors (Lipinski definition) is 1. The monoisotopic (exact) mass is 383 g/mol. The molecule has 0 spiro atoms. The standard InChI is InChI=1S/C20H21N3O3S/c1-4-26-20(25)23-8-7-15-16(10-21)19(27-17(15)11-23)22-18(24)14-6-5-12(2)9-13(14)3/h5-6,9H,4,7-8,11H2,1-3H3,(H,22,24). The molecule has 0 fully saturated rings. The second-order valence-corrected chi connectivity index (χ2v) is 7.57. The number of nitrogens with one attached hydrogen (secondary N) is 1. The third kappa shape index (κ3) is 3.81. The van der Waals surface area contributed by atoms with Gasteiger partial charge in [0, 0.05) is 17.0 Å². The van der Waals surface area contributed by atoms with E-state index in [1.165, 1.54) is 11.3 Å². The van der Waals surface area contributed by atoms with Crippen molar-refractivity contribution in [1.29, 1.82) is 5.26 Å². The molecular formula is C20H21N3O3S. The Bertz CT molecular complexity index is 943. The van der Waals surface area contributed by atoms with E-state index in [9.17, 15) is 14.9 Å². The number of rotatable bonds is 3. The van der Waals surface area contributed by atoms with Gasteiger partial charge in [0.25, 0.3) is 5.91 Å². The van der Waals surface area contributed by atoms with Crippen molar-refractivity contribution in [1.82, 2.24) is 4.90 Å². The molecule has 140 valence electrons. The Kier molecular flexibility index (Phi) is 5.47. The first kappa shape index (κ1) is 18.9. The number of ether oxygens (including phenoxy) is 1. The van der Waals surface area contributed by atoms with Crippen molar-refractivity contribution in [3.63, 3.8) is 0 Å². The molecule has 0 saturated heterocycles. The van der Waals surface area contributed by atoms with Crippen LogP contribution in [0.1, 0.15) is 44.4 Å². The van der Waals surface area contributed by atoms with Crippen LogP contribution in [0.3, 0.4) is 0 Å². The van der Waals surface area contributed by atoms with E-state index < -0.39 is 0 Å². The summed E-state index contributed by atoms with van der Waals surface area (Å²) < 4.78 is 5.06. The van der Waals surface area contributed by atoms with Crippen LogP contribution < -0.4 is 5.32 Å². The first-order chi connectivity index (χ1) is 12.9. The van der Waals surface area contributed by atoms with Gasteiger partial charge in [0.1, 0.15) is 11.1 Å². The van der Waals surface area contributed by atoms with Gasteiger partial charge in [0.2, 0.25) is 0 Å². The van der Waals surface area contributed by atoms with Gasteiger partial charge in [-0.3, -0.25) is 4.79 Å². The summed E-state index contributed by atoms with van der Waals surface area (Å²) in [6.07, 6.45) is 0.225. The third-order valence-corrected chi connectivity index (χ3v) is 5.68. The second kappa shape index (κ2) is 7.80. The molecule has 0 radical (unpaired) electrons. The van der Waals surface area contributed by atoms with Crippen LogP contribution in [0.4, 0.5) is 9.80 Å². The van der Waals surface area contributed by atoms with E-state index in [0.29, 0.717) is 42.2 Å². The Morgan fingerprint density at radius 1 is 1.37 bits per heavy atom. The van der Waals surface area contributed by atoms with Crippen LogP contribution in [-0.4, -0.2) is 30.1 Å². The number of benzene rings is 1. The minimum absolute atomic E-state index is 0.232. The van der Waals surface area contributed by atoms with Gasteiger partial charge in [-0.15, -0.1) is 11.3 Å². The summed E-state index contributed by atoms with van der Waals surface area (Å²) in [5.74, 6) is -0.232. The zero-order valence-electron chi connectivity index (χ0n) is 15.6. The highest BCUT2D eigenvalue weighted by Crippen LogP contribution is 2.37. The van der Waals surface area contributed by atoms with Crippen molar-refractivity contribution in [3.05, 3.63) is 50.9 Å². The third-order valence-electron chi connectivity index (χ3n) is 4.55. The molecule has 2 aromatic rings. The molecule has 1 aromatic heterocycles. The highest BCUT2D eigenvalue weighted by atomic mass is 32.1. The highest BCUT2D eigenvalue weighted by Gasteiger charge is 2.28. The lowest BCUT2D eigenvalue weighted by molar-refractivity contribution is 0.102.